The zero-order chi connectivity index (χ0) is 12.4. The summed E-state index contributed by atoms with van der Waals surface area (Å²) in [5, 5.41) is 20.3. The number of hydrogen-bond donors (Lipinski definition) is 3. The van der Waals surface area contributed by atoms with Gasteiger partial charge in [0.2, 0.25) is 5.91 Å². The van der Waals surface area contributed by atoms with Crippen LogP contribution in [0.15, 0.2) is 12.2 Å². The number of carboxylic acids is 1. The molecule has 6 nitrogen and oxygen atoms in total. The standard InChI is InChI=1S/C11H15NO5/c13-4-3-12-10(14)9-6-1-2-8(6)17-5-7(9)11(15)16/h1-2,6-9,13H,3-5H2,(H,12,14)(H,15,16). The van der Waals surface area contributed by atoms with Crippen LogP contribution in [0.4, 0.5) is 0 Å². The highest BCUT2D eigenvalue weighted by Gasteiger charge is 2.48. The lowest BCUT2D eigenvalue weighted by molar-refractivity contribution is -0.162. The van der Waals surface area contributed by atoms with Gasteiger partial charge in [-0.2, -0.15) is 0 Å². The van der Waals surface area contributed by atoms with Crippen molar-refractivity contribution in [3.05, 3.63) is 12.2 Å². The van der Waals surface area contributed by atoms with Crippen molar-refractivity contribution in [2.45, 2.75) is 6.10 Å². The summed E-state index contributed by atoms with van der Waals surface area (Å²) in [7, 11) is 0. The van der Waals surface area contributed by atoms with Gasteiger partial charge in [-0.25, -0.2) is 0 Å². The third kappa shape index (κ3) is 2.18. The first-order valence-electron chi connectivity index (χ1n) is 5.56. The molecule has 6 heteroatoms. The molecule has 0 aromatic heterocycles. The van der Waals surface area contributed by atoms with Crippen molar-refractivity contribution < 1.29 is 24.5 Å². The molecule has 1 aliphatic heterocycles. The molecule has 3 N–H and O–H groups in total. The predicted octanol–water partition coefficient (Wildman–Crippen LogP) is -1.00. The van der Waals surface area contributed by atoms with Crippen molar-refractivity contribution in [3.8, 4) is 0 Å². The molecule has 1 saturated heterocycles. The molecule has 1 heterocycles. The lowest BCUT2D eigenvalue weighted by Crippen LogP contribution is -2.53. The number of carbonyl (C=O) groups excluding carboxylic acids is 1. The van der Waals surface area contributed by atoms with Gasteiger partial charge in [0.15, 0.2) is 0 Å². The molecule has 0 radical (unpaired) electrons. The van der Waals surface area contributed by atoms with E-state index in [2.05, 4.69) is 5.32 Å². The summed E-state index contributed by atoms with van der Waals surface area (Å²) in [6.07, 6.45) is 3.49. The fourth-order valence-corrected chi connectivity index (χ4v) is 2.29. The number of carbonyl (C=O) groups is 2. The maximum Gasteiger partial charge on any atom is 0.309 e. The quantitative estimate of drug-likeness (QED) is 0.548. The van der Waals surface area contributed by atoms with Gasteiger partial charge in [-0.15, -0.1) is 0 Å². The molecular weight excluding hydrogens is 226 g/mol. The smallest absolute Gasteiger partial charge is 0.309 e. The van der Waals surface area contributed by atoms with Crippen LogP contribution in [0, 0.1) is 17.8 Å². The Morgan fingerprint density at radius 1 is 1.41 bits per heavy atom. The molecule has 0 aromatic rings. The van der Waals surface area contributed by atoms with E-state index >= 15 is 0 Å². The Morgan fingerprint density at radius 3 is 2.71 bits per heavy atom. The molecule has 17 heavy (non-hydrogen) atoms. The number of hydrogen-bond acceptors (Lipinski definition) is 4. The van der Waals surface area contributed by atoms with Gasteiger partial charge in [0.05, 0.1) is 31.2 Å². The molecule has 4 atom stereocenters. The Hall–Kier alpha value is -1.40. The maximum atomic E-state index is 11.9. The van der Waals surface area contributed by atoms with Crippen LogP contribution >= 0.6 is 0 Å². The average Bonchev–Trinajstić information content (AvgIpc) is 2.26. The van der Waals surface area contributed by atoms with Crippen molar-refractivity contribution in [2.24, 2.45) is 17.8 Å². The van der Waals surface area contributed by atoms with Gasteiger partial charge in [0, 0.05) is 12.5 Å². The topological polar surface area (TPSA) is 95.9 Å². The van der Waals surface area contributed by atoms with E-state index in [1.54, 1.807) is 0 Å². The maximum absolute atomic E-state index is 11.9. The van der Waals surface area contributed by atoms with Crippen molar-refractivity contribution in [1.29, 1.82) is 0 Å². The highest BCUT2D eigenvalue weighted by Crippen LogP contribution is 2.38. The van der Waals surface area contributed by atoms with Crippen LogP contribution in [0.2, 0.25) is 0 Å². The average molecular weight is 241 g/mol. The first-order valence-corrected chi connectivity index (χ1v) is 5.56. The van der Waals surface area contributed by atoms with E-state index in [9.17, 15) is 9.59 Å². The molecule has 1 aliphatic carbocycles. The van der Waals surface area contributed by atoms with Crippen LogP contribution in [-0.4, -0.2) is 48.0 Å². The SMILES string of the molecule is O=C(O)C1COC2C=CC2C1C(=O)NCCO. The number of nitrogens with one attached hydrogen (secondary N) is 1. The molecule has 0 bridgehead atoms. The first-order chi connectivity index (χ1) is 8.15. The number of aliphatic carboxylic acids is 1. The Labute approximate surface area is 98.3 Å². The van der Waals surface area contributed by atoms with Crippen molar-refractivity contribution in [2.75, 3.05) is 19.8 Å². The third-order valence-corrected chi connectivity index (χ3v) is 3.25. The molecule has 1 amide bonds. The molecule has 94 valence electrons. The number of ether oxygens (including phenoxy) is 1. The van der Waals surface area contributed by atoms with E-state index in [1.807, 2.05) is 12.2 Å². The second-order valence-electron chi connectivity index (χ2n) is 4.25. The summed E-state index contributed by atoms with van der Waals surface area (Å²) in [5.74, 6) is -2.94. The zero-order valence-electron chi connectivity index (χ0n) is 9.20. The highest BCUT2D eigenvalue weighted by molar-refractivity contribution is 5.85. The fraction of sp³-hybridized carbons (Fsp3) is 0.636. The normalized spacial score (nSPS) is 34.6. The van der Waals surface area contributed by atoms with Gasteiger partial charge in [0.1, 0.15) is 0 Å². The Kier molecular flexibility index (Phi) is 3.44. The molecule has 0 spiro atoms. The predicted molar refractivity (Wildman–Crippen MR) is 57.1 cm³/mol. The molecule has 4 unspecified atom stereocenters. The second kappa shape index (κ2) is 4.85. The van der Waals surface area contributed by atoms with Crippen molar-refractivity contribution >= 4 is 11.9 Å². The van der Waals surface area contributed by atoms with Crippen LogP contribution in [0.25, 0.3) is 0 Å². The summed E-state index contributed by atoms with van der Waals surface area (Å²) < 4.78 is 5.34. The lowest BCUT2D eigenvalue weighted by Gasteiger charge is -2.42. The van der Waals surface area contributed by atoms with Gasteiger partial charge < -0.3 is 20.3 Å². The van der Waals surface area contributed by atoms with Gasteiger partial charge >= 0.3 is 5.97 Å². The molecule has 1 fully saturated rings. The number of fused-ring (bicyclic) bond motifs is 1. The number of aliphatic hydroxyl groups excluding tert-OH is 1. The van der Waals surface area contributed by atoms with Gasteiger partial charge in [-0.05, 0) is 0 Å². The largest absolute Gasteiger partial charge is 0.481 e. The van der Waals surface area contributed by atoms with Crippen LogP contribution in [-0.2, 0) is 14.3 Å². The van der Waals surface area contributed by atoms with Gasteiger partial charge in [0.25, 0.3) is 0 Å². The van der Waals surface area contributed by atoms with E-state index in [1.165, 1.54) is 0 Å². The van der Waals surface area contributed by atoms with E-state index < -0.39 is 17.8 Å². The van der Waals surface area contributed by atoms with Crippen LogP contribution in [0.5, 0.6) is 0 Å². The van der Waals surface area contributed by atoms with Crippen LogP contribution in [0.1, 0.15) is 0 Å². The summed E-state index contributed by atoms with van der Waals surface area (Å²) >= 11 is 0. The van der Waals surface area contributed by atoms with Crippen molar-refractivity contribution in [1.82, 2.24) is 5.32 Å². The summed E-state index contributed by atoms with van der Waals surface area (Å²) in [4.78, 5) is 23.0. The minimum atomic E-state index is -1.02. The minimum Gasteiger partial charge on any atom is -0.481 e. The monoisotopic (exact) mass is 241 g/mol. The Balaban J connectivity index is 2.10. The van der Waals surface area contributed by atoms with E-state index in [-0.39, 0.29) is 37.7 Å². The molecule has 0 aromatic carbocycles. The molecular formula is C11H15NO5. The lowest BCUT2D eigenvalue weighted by atomic mass is 9.71. The second-order valence-corrected chi connectivity index (χ2v) is 4.25. The number of rotatable bonds is 4. The van der Waals surface area contributed by atoms with E-state index in [0.717, 1.165) is 0 Å². The van der Waals surface area contributed by atoms with E-state index in [4.69, 9.17) is 14.9 Å². The van der Waals surface area contributed by atoms with E-state index in [0.29, 0.717) is 0 Å². The van der Waals surface area contributed by atoms with Gasteiger partial charge in [-0.1, -0.05) is 12.2 Å². The Morgan fingerprint density at radius 2 is 2.18 bits per heavy atom. The summed E-state index contributed by atoms with van der Waals surface area (Å²) in [6, 6.07) is 0. The summed E-state index contributed by atoms with van der Waals surface area (Å²) in [6.45, 7) is 0.0400. The number of amides is 1. The zero-order valence-corrected chi connectivity index (χ0v) is 9.20. The molecule has 0 saturated carbocycles. The van der Waals surface area contributed by atoms with Crippen molar-refractivity contribution in [3.63, 3.8) is 0 Å². The van der Waals surface area contributed by atoms with Gasteiger partial charge in [-0.3, -0.25) is 9.59 Å². The van der Waals surface area contributed by atoms with Crippen LogP contribution < -0.4 is 5.32 Å². The summed E-state index contributed by atoms with van der Waals surface area (Å²) in [5.41, 5.74) is 0. The fourth-order valence-electron chi connectivity index (χ4n) is 2.29. The Bertz CT molecular complexity index is 354. The molecule has 2 rings (SSSR count). The number of aliphatic hydroxyl groups is 1. The van der Waals surface area contributed by atoms with Crippen LogP contribution in [0.3, 0.4) is 0 Å². The third-order valence-electron chi connectivity index (χ3n) is 3.25. The highest BCUT2D eigenvalue weighted by atomic mass is 16.5. The molecule has 2 aliphatic rings. The number of carboxylic acid groups (broad SMARTS) is 1. The minimum absolute atomic E-state index is 0.0536. The first kappa shape index (κ1) is 12.1.